The third-order valence-electron chi connectivity index (χ3n) is 4.78. The SMILES string of the molecule is NC(=O)c1cccc2c1c1[c]ccc(F)c1n2Cc1c(F)cccc1C(F)(F)F. The molecule has 4 rings (SSSR count). The Morgan fingerprint density at radius 2 is 1.76 bits per heavy atom. The van der Waals surface area contributed by atoms with E-state index >= 15 is 0 Å². The second kappa shape index (κ2) is 6.58. The fourth-order valence-electron chi connectivity index (χ4n) is 3.58. The number of primary amides is 1. The predicted octanol–water partition coefficient (Wildman–Crippen LogP) is 5.04. The summed E-state index contributed by atoms with van der Waals surface area (Å²) in [6.45, 7) is -0.599. The van der Waals surface area contributed by atoms with Crippen LogP contribution in [0.2, 0.25) is 0 Å². The van der Waals surface area contributed by atoms with Gasteiger partial charge in [0.15, 0.2) is 0 Å². The number of halogens is 5. The molecule has 1 heterocycles. The van der Waals surface area contributed by atoms with Gasteiger partial charge in [0.05, 0.1) is 23.1 Å². The molecule has 0 unspecified atom stereocenters. The Kier molecular flexibility index (Phi) is 4.29. The number of benzene rings is 3. The Morgan fingerprint density at radius 3 is 2.45 bits per heavy atom. The third-order valence-corrected chi connectivity index (χ3v) is 4.78. The fourth-order valence-corrected chi connectivity index (χ4v) is 3.58. The van der Waals surface area contributed by atoms with Crippen molar-refractivity contribution in [1.29, 1.82) is 0 Å². The first-order chi connectivity index (χ1) is 13.7. The molecule has 0 spiro atoms. The molecule has 1 aromatic heterocycles. The van der Waals surface area contributed by atoms with Crippen molar-refractivity contribution in [3.63, 3.8) is 0 Å². The van der Waals surface area contributed by atoms with E-state index in [2.05, 4.69) is 6.07 Å². The van der Waals surface area contributed by atoms with Gasteiger partial charge in [-0.05, 0) is 36.4 Å². The molecular formula is C21H12F5N2O. The van der Waals surface area contributed by atoms with E-state index < -0.39 is 41.4 Å². The lowest BCUT2D eigenvalue weighted by atomic mass is 10.1. The average molecular weight is 403 g/mol. The molecule has 1 amide bonds. The van der Waals surface area contributed by atoms with Gasteiger partial charge in [-0.15, -0.1) is 0 Å². The van der Waals surface area contributed by atoms with Crippen molar-refractivity contribution in [2.75, 3.05) is 0 Å². The predicted molar refractivity (Wildman–Crippen MR) is 97.3 cm³/mol. The van der Waals surface area contributed by atoms with Crippen LogP contribution in [0.3, 0.4) is 0 Å². The molecule has 0 saturated carbocycles. The highest BCUT2D eigenvalue weighted by Gasteiger charge is 2.35. The van der Waals surface area contributed by atoms with Crippen LogP contribution in [-0.4, -0.2) is 10.5 Å². The van der Waals surface area contributed by atoms with Crippen LogP contribution in [0.4, 0.5) is 22.0 Å². The van der Waals surface area contributed by atoms with Crippen LogP contribution in [-0.2, 0) is 12.7 Å². The van der Waals surface area contributed by atoms with Crippen LogP contribution in [0, 0.1) is 17.7 Å². The first-order valence-corrected chi connectivity index (χ1v) is 8.45. The molecule has 1 radical (unpaired) electrons. The molecule has 4 aromatic rings. The first-order valence-electron chi connectivity index (χ1n) is 8.45. The quantitative estimate of drug-likeness (QED) is 0.479. The number of hydrogen-bond donors (Lipinski definition) is 1. The zero-order valence-electron chi connectivity index (χ0n) is 14.6. The smallest absolute Gasteiger partial charge is 0.366 e. The minimum absolute atomic E-state index is 0.0673. The topological polar surface area (TPSA) is 48.0 Å². The van der Waals surface area contributed by atoms with Crippen molar-refractivity contribution in [3.8, 4) is 0 Å². The van der Waals surface area contributed by atoms with E-state index in [1.807, 2.05) is 0 Å². The van der Waals surface area contributed by atoms with E-state index in [4.69, 9.17) is 5.73 Å². The molecule has 0 aliphatic rings. The van der Waals surface area contributed by atoms with Gasteiger partial charge in [-0.25, -0.2) is 8.78 Å². The number of carbonyl (C=O) groups excluding carboxylic acids is 1. The number of aromatic nitrogens is 1. The zero-order valence-corrected chi connectivity index (χ0v) is 14.6. The highest BCUT2D eigenvalue weighted by atomic mass is 19.4. The maximum Gasteiger partial charge on any atom is 0.416 e. The summed E-state index contributed by atoms with van der Waals surface area (Å²) in [6, 6.07) is 12.2. The van der Waals surface area contributed by atoms with Crippen molar-refractivity contribution < 1.29 is 26.7 Å². The molecule has 147 valence electrons. The number of amides is 1. The van der Waals surface area contributed by atoms with Crippen LogP contribution >= 0.6 is 0 Å². The number of nitrogens with two attached hydrogens (primary N) is 1. The Labute approximate surface area is 161 Å². The largest absolute Gasteiger partial charge is 0.416 e. The highest BCUT2D eigenvalue weighted by molar-refractivity contribution is 6.17. The molecule has 0 bridgehead atoms. The molecule has 2 N–H and O–H groups in total. The molecule has 3 nitrogen and oxygen atoms in total. The number of nitrogens with zero attached hydrogens (tertiary/aromatic N) is 1. The van der Waals surface area contributed by atoms with Crippen LogP contribution in [0.5, 0.6) is 0 Å². The van der Waals surface area contributed by atoms with E-state index in [0.29, 0.717) is 0 Å². The van der Waals surface area contributed by atoms with Gasteiger partial charge in [0.2, 0.25) is 5.91 Å². The minimum Gasteiger partial charge on any atom is -0.366 e. The second-order valence-electron chi connectivity index (χ2n) is 6.46. The maximum atomic E-state index is 14.7. The number of rotatable bonds is 3. The summed E-state index contributed by atoms with van der Waals surface area (Å²) in [7, 11) is 0. The van der Waals surface area contributed by atoms with E-state index in [1.165, 1.54) is 28.8 Å². The maximum absolute atomic E-state index is 14.7. The zero-order chi connectivity index (χ0) is 20.9. The number of carbonyl (C=O) groups is 1. The normalized spacial score (nSPS) is 12.0. The van der Waals surface area contributed by atoms with Crippen LogP contribution < -0.4 is 5.73 Å². The van der Waals surface area contributed by atoms with E-state index in [0.717, 1.165) is 24.3 Å². The Balaban J connectivity index is 2.08. The number of alkyl halides is 3. The van der Waals surface area contributed by atoms with Gasteiger partial charge < -0.3 is 10.3 Å². The first kappa shape index (κ1) is 18.9. The lowest BCUT2D eigenvalue weighted by Crippen LogP contribution is -2.14. The van der Waals surface area contributed by atoms with Crippen molar-refractivity contribution >= 4 is 27.7 Å². The van der Waals surface area contributed by atoms with Crippen LogP contribution in [0.15, 0.2) is 48.5 Å². The molecular weight excluding hydrogens is 391 g/mol. The van der Waals surface area contributed by atoms with E-state index in [-0.39, 0.29) is 27.4 Å². The van der Waals surface area contributed by atoms with Gasteiger partial charge in [0, 0.05) is 21.9 Å². The summed E-state index contributed by atoms with van der Waals surface area (Å²) < 4.78 is 70.5. The van der Waals surface area contributed by atoms with E-state index in [1.54, 1.807) is 0 Å². The lowest BCUT2D eigenvalue weighted by Gasteiger charge is -2.16. The Hall–Kier alpha value is -3.42. The summed E-state index contributed by atoms with van der Waals surface area (Å²) >= 11 is 0. The number of hydrogen-bond acceptors (Lipinski definition) is 1. The molecule has 0 aliphatic heterocycles. The number of fused-ring (bicyclic) bond motifs is 3. The summed E-state index contributed by atoms with van der Waals surface area (Å²) in [6.07, 6.45) is -4.79. The van der Waals surface area contributed by atoms with Gasteiger partial charge in [0.1, 0.15) is 11.6 Å². The van der Waals surface area contributed by atoms with Crippen LogP contribution in [0.1, 0.15) is 21.5 Å². The monoisotopic (exact) mass is 403 g/mol. The molecule has 8 heteroatoms. The molecule has 29 heavy (non-hydrogen) atoms. The average Bonchev–Trinajstić information content (AvgIpc) is 2.97. The van der Waals surface area contributed by atoms with Crippen molar-refractivity contribution in [1.82, 2.24) is 4.57 Å². The van der Waals surface area contributed by atoms with Crippen LogP contribution in [0.25, 0.3) is 21.8 Å². The second-order valence-corrected chi connectivity index (χ2v) is 6.46. The highest BCUT2D eigenvalue weighted by Crippen LogP contribution is 2.37. The van der Waals surface area contributed by atoms with Gasteiger partial charge >= 0.3 is 6.18 Å². The molecule has 3 aromatic carbocycles. The summed E-state index contributed by atoms with van der Waals surface area (Å²) in [4.78, 5) is 11.8. The molecule has 0 aliphatic carbocycles. The Bertz CT molecular complexity index is 1270. The molecule has 0 atom stereocenters. The lowest BCUT2D eigenvalue weighted by molar-refractivity contribution is -0.138. The fraction of sp³-hybridized carbons (Fsp3) is 0.0952. The standard InChI is InChI=1S/C21H12F5N2O/c22-15-7-3-6-14(21(24,25)26)13(15)10-28-17-9-2-5-12(20(27)29)18(17)11-4-1-8-16(23)19(11)28/h1-3,5-9H,10H2,(H2,27,29). The van der Waals surface area contributed by atoms with Gasteiger partial charge in [-0.2, -0.15) is 13.2 Å². The molecule has 0 saturated heterocycles. The van der Waals surface area contributed by atoms with Crippen molar-refractivity contribution in [3.05, 3.63) is 82.9 Å². The summed E-state index contributed by atoms with van der Waals surface area (Å²) in [5.41, 5.74) is 3.85. The van der Waals surface area contributed by atoms with Gasteiger partial charge in [-0.1, -0.05) is 18.2 Å². The van der Waals surface area contributed by atoms with Crippen molar-refractivity contribution in [2.24, 2.45) is 5.73 Å². The van der Waals surface area contributed by atoms with E-state index in [9.17, 15) is 26.7 Å². The van der Waals surface area contributed by atoms with Gasteiger partial charge in [-0.3, -0.25) is 4.79 Å². The molecule has 0 fully saturated rings. The van der Waals surface area contributed by atoms with Gasteiger partial charge in [0.25, 0.3) is 0 Å². The summed E-state index contributed by atoms with van der Waals surface area (Å²) in [5, 5.41) is 0.429. The minimum atomic E-state index is -4.79. The summed E-state index contributed by atoms with van der Waals surface area (Å²) in [5.74, 6) is -2.59. The van der Waals surface area contributed by atoms with Crippen molar-refractivity contribution in [2.45, 2.75) is 12.7 Å². The third kappa shape index (κ3) is 3.00. The Morgan fingerprint density at radius 1 is 1.03 bits per heavy atom.